The Morgan fingerprint density at radius 2 is 2.07 bits per heavy atom. The summed E-state index contributed by atoms with van der Waals surface area (Å²) in [7, 11) is 0. The Kier molecular flexibility index (Phi) is 6.22. The first-order valence-corrected chi connectivity index (χ1v) is 10.3. The largest absolute Gasteiger partial charge is 0.481 e. The fourth-order valence-electron chi connectivity index (χ4n) is 2.70. The van der Waals surface area contributed by atoms with Crippen LogP contribution >= 0.6 is 35.3 Å². The van der Waals surface area contributed by atoms with E-state index in [2.05, 4.69) is 0 Å². The number of carbonyl (C=O) groups is 2. The van der Waals surface area contributed by atoms with Crippen molar-refractivity contribution in [2.45, 2.75) is 12.8 Å². The fraction of sp³-hybridized carbons (Fsp3) is 0.167. The summed E-state index contributed by atoms with van der Waals surface area (Å²) in [5.74, 6) is -1.20. The molecule has 0 radical (unpaired) electrons. The number of amides is 1. The van der Waals surface area contributed by atoms with E-state index in [1.165, 1.54) is 22.3 Å². The third-order valence-corrected chi connectivity index (χ3v) is 6.31. The Bertz CT molecular complexity index is 999. The summed E-state index contributed by atoms with van der Waals surface area (Å²) >= 11 is 7.75. The molecule has 1 aliphatic heterocycles. The number of benzene rings is 1. The summed E-state index contributed by atoms with van der Waals surface area (Å²) in [6.45, 7) is 0.245. The standard InChI is InChI=1S/C18H14N2O5S3/c21-15(22)6-3-8-19-17(23)14(28-18(19)26)10-11-7-9-27-16(11)12-4-1-2-5-13(12)20(24)25/h1-2,4-5,7,9-10H,3,6,8H2,(H,21,22)/b14-10+. The van der Waals surface area contributed by atoms with Crippen LogP contribution < -0.4 is 0 Å². The van der Waals surface area contributed by atoms with Crippen LogP contribution in [0, 0.1) is 10.1 Å². The number of nitrogens with zero attached hydrogens (tertiary/aromatic N) is 2. The summed E-state index contributed by atoms with van der Waals surface area (Å²) in [6, 6.07) is 8.26. The van der Waals surface area contributed by atoms with Crippen molar-refractivity contribution in [3.63, 3.8) is 0 Å². The van der Waals surface area contributed by atoms with Crippen molar-refractivity contribution in [3.8, 4) is 10.4 Å². The molecule has 144 valence electrons. The van der Waals surface area contributed by atoms with Crippen molar-refractivity contribution in [2.24, 2.45) is 0 Å². The van der Waals surface area contributed by atoms with E-state index in [-0.39, 0.29) is 24.6 Å². The molecule has 1 aromatic carbocycles. The average molecular weight is 435 g/mol. The number of thioether (sulfide) groups is 1. The van der Waals surface area contributed by atoms with Crippen LogP contribution in [0.15, 0.2) is 40.6 Å². The minimum absolute atomic E-state index is 0.000759. The topological polar surface area (TPSA) is 101 Å². The third kappa shape index (κ3) is 4.29. The number of carboxylic acids is 1. The number of para-hydroxylation sites is 1. The smallest absolute Gasteiger partial charge is 0.303 e. The molecule has 0 atom stereocenters. The molecule has 0 bridgehead atoms. The van der Waals surface area contributed by atoms with Gasteiger partial charge in [-0.3, -0.25) is 24.6 Å². The quantitative estimate of drug-likeness (QED) is 0.298. The van der Waals surface area contributed by atoms with Crippen LogP contribution in [0.1, 0.15) is 18.4 Å². The second kappa shape index (κ2) is 8.63. The normalized spacial score (nSPS) is 15.4. The zero-order chi connectivity index (χ0) is 20.3. The molecule has 1 N–H and O–H groups in total. The molecule has 2 heterocycles. The maximum absolute atomic E-state index is 12.6. The van der Waals surface area contributed by atoms with E-state index in [1.54, 1.807) is 30.3 Å². The van der Waals surface area contributed by atoms with E-state index in [9.17, 15) is 19.7 Å². The van der Waals surface area contributed by atoms with Crippen LogP contribution in [0.25, 0.3) is 16.5 Å². The van der Waals surface area contributed by atoms with Gasteiger partial charge in [-0.2, -0.15) is 0 Å². The van der Waals surface area contributed by atoms with Gasteiger partial charge in [0.1, 0.15) is 4.32 Å². The van der Waals surface area contributed by atoms with Crippen LogP contribution in [0.2, 0.25) is 0 Å². The zero-order valence-electron chi connectivity index (χ0n) is 14.4. The van der Waals surface area contributed by atoms with Gasteiger partial charge in [-0.25, -0.2) is 0 Å². The molecule has 3 rings (SSSR count). The second-order valence-corrected chi connectivity index (χ2v) is 8.40. The second-order valence-electron chi connectivity index (χ2n) is 5.81. The SMILES string of the molecule is O=C(O)CCCN1C(=O)/C(=C\c2ccsc2-c2ccccc2[N+](=O)[O-])SC1=S. The minimum Gasteiger partial charge on any atom is -0.481 e. The molecule has 0 aliphatic carbocycles. The number of thiocarbonyl (C=S) groups is 1. The molecule has 1 aromatic heterocycles. The predicted octanol–water partition coefficient (Wildman–Crippen LogP) is 4.39. The molecule has 1 saturated heterocycles. The molecular formula is C18H14N2O5S3. The Morgan fingerprint density at radius 3 is 2.79 bits per heavy atom. The maximum Gasteiger partial charge on any atom is 0.303 e. The van der Waals surface area contributed by atoms with Crippen molar-refractivity contribution in [3.05, 3.63) is 56.3 Å². The van der Waals surface area contributed by atoms with Gasteiger partial charge in [0.05, 0.1) is 15.4 Å². The Hall–Kier alpha value is -2.56. The summed E-state index contributed by atoms with van der Waals surface area (Å²) in [4.78, 5) is 36.7. The number of hydrogen-bond acceptors (Lipinski definition) is 7. The Balaban J connectivity index is 1.87. The van der Waals surface area contributed by atoms with Gasteiger partial charge in [0.2, 0.25) is 0 Å². The van der Waals surface area contributed by atoms with Crippen LogP contribution in [0.4, 0.5) is 5.69 Å². The first kappa shape index (κ1) is 20.2. The van der Waals surface area contributed by atoms with Crippen LogP contribution in [-0.2, 0) is 9.59 Å². The van der Waals surface area contributed by atoms with Gasteiger partial charge in [-0.15, -0.1) is 11.3 Å². The monoisotopic (exact) mass is 434 g/mol. The maximum atomic E-state index is 12.6. The molecule has 2 aromatic rings. The van der Waals surface area contributed by atoms with Crippen molar-refractivity contribution < 1.29 is 19.6 Å². The number of carboxylic acid groups (broad SMARTS) is 1. The molecule has 7 nitrogen and oxygen atoms in total. The molecular weight excluding hydrogens is 420 g/mol. The molecule has 0 unspecified atom stereocenters. The highest BCUT2D eigenvalue weighted by molar-refractivity contribution is 8.26. The molecule has 0 saturated carbocycles. The third-order valence-electron chi connectivity index (χ3n) is 3.97. The van der Waals surface area contributed by atoms with Crippen LogP contribution in [0.3, 0.4) is 0 Å². The van der Waals surface area contributed by atoms with Crippen molar-refractivity contribution >= 4 is 63.3 Å². The Labute approximate surface area is 173 Å². The van der Waals surface area contributed by atoms with Gasteiger partial charge < -0.3 is 5.11 Å². The summed E-state index contributed by atoms with van der Waals surface area (Å²) in [6.07, 6.45) is 1.95. The van der Waals surface area contributed by atoms with Crippen molar-refractivity contribution in [1.82, 2.24) is 4.90 Å². The van der Waals surface area contributed by atoms with Gasteiger partial charge >= 0.3 is 5.97 Å². The lowest BCUT2D eigenvalue weighted by atomic mass is 10.1. The van der Waals surface area contributed by atoms with Crippen LogP contribution in [0.5, 0.6) is 0 Å². The van der Waals surface area contributed by atoms with Crippen LogP contribution in [-0.4, -0.2) is 37.7 Å². The van der Waals surface area contributed by atoms with E-state index >= 15 is 0 Å². The van der Waals surface area contributed by atoms with E-state index in [0.717, 1.165) is 11.8 Å². The first-order valence-electron chi connectivity index (χ1n) is 8.17. The molecule has 1 fully saturated rings. The van der Waals surface area contributed by atoms with Gasteiger partial charge in [0.25, 0.3) is 11.6 Å². The number of nitro benzene ring substituents is 1. The summed E-state index contributed by atoms with van der Waals surface area (Å²) in [5, 5.41) is 21.9. The molecule has 0 spiro atoms. The molecule has 28 heavy (non-hydrogen) atoms. The molecule has 1 aliphatic rings. The van der Waals surface area contributed by atoms with E-state index in [4.69, 9.17) is 17.3 Å². The van der Waals surface area contributed by atoms with E-state index in [1.807, 2.05) is 5.38 Å². The van der Waals surface area contributed by atoms with E-state index < -0.39 is 10.9 Å². The number of rotatable bonds is 7. The highest BCUT2D eigenvalue weighted by atomic mass is 32.2. The number of aliphatic carboxylic acids is 1. The Morgan fingerprint density at radius 1 is 1.32 bits per heavy atom. The van der Waals surface area contributed by atoms with Gasteiger partial charge in [0, 0.05) is 23.9 Å². The summed E-state index contributed by atoms with van der Waals surface area (Å²) in [5.41, 5.74) is 1.19. The highest BCUT2D eigenvalue weighted by Crippen LogP contribution is 2.39. The molecule has 1 amide bonds. The van der Waals surface area contributed by atoms with Gasteiger partial charge in [-0.1, -0.05) is 36.1 Å². The zero-order valence-corrected chi connectivity index (χ0v) is 16.8. The van der Waals surface area contributed by atoms with Crippen molar-refractivity contribution in [1.29, 1.82) is 0 Å². The lowest BCUT2D eigenvalue weighted by Gasteiger charge is -2.13. The average Bonchev–Trinajstić information content (AvgIpc) is 3.21. The number of hydrogen-bond donors (Lipinski definition) is 1. The van der Waals surface area contributed by atoms with E-state index in [0.29, 0.717) is 31.7 Å². The fourth-order valence-corrected chi connectivity index (χ4v) is 4.91. The molecule has 10 heteroatoms. The minimum atomic E-state index is -0.923. The first-order chi connectivity index (χ1) is 13.4. The number of nitro groups is 1. The number of carbonyl (C=O) groups excluding carboxylic acids is 1. The highest BCUT2D eigenvalue weighted by Gasteiger charge is 2.32. The lowest BCUT2D eigenvalue weighted by molar-refractivity contribution is -0.384. The summed E-state index contributed by atoms with van der Waals surface area (Å²) < 4.78 is 0.379. The number of thiophene rings is 1. The lowest BCUT2D eigenvalue weighted by Crippen LogP contribution is -2.29. The van der Waals surface area contributed by atoms with Crippen molar-refractivity contribution in [2.75, 3.05) is 6.54 Å². The van der Waals surface area contributed by atoms with Gasteiger partial charge in [0.15, 0.2) is 0 Å². The van der Waals surface area contributed by atoms with Gasteiger partial charge in [-0.05, 0) is 35.6 Å². The predicted molar refractivity (Wildman–Crippen MR) is 113 cm³/mol.